The lowest BCUT2D eigenvalue weighted by Crippen LogP contribution is -2.48. The fourth-order valence-electron chi connectivity index (χ4n) is 2.51. The number of nitrogens with two attached hydrogens (primary N) is 1. The number of ether oxygens (including phenoxy) is 1. The number of rotatable bonds is 7. The Hall–Kier alpha value is -1.14. The first-order valence-electron chi connectivity index (χ1n) is 7.20. The van der Waals surface area contributed by atoms with Gasteiger partial charge in [0.15, 0.2) is 0 Å². The second kappa shape index (κ2) is 7.59. The molecule has 6 heteroatoms. The second-order valence-corrected chi connectivity index (χ2v) is 5.98. The molecule has 0 aromatic rings. The maximum absolute atomic E-state index is 12.1. The predicted molar refractivity (Wildman–Crippen MR) is 75.1 cm³/mol. The first-order valence-corrected chi connectivity index (χ1v) is 7.20. The maximum atomic E-state index is 12.1. The van der Waals surface area contributed by atoms with Crippen LogP contribution in [0.2, 0.25) is 0 Å². The number of carbonyl (C=O) groups is 2. The second-order valence-electron chi connectivity index (χ2n) is 5.98. The van der Waals surface area contributed by atoms with E-state index in [9.17, 15) is 14.7 Å². The van der Waals surface area contributed by atoms with Crippen LogP contribution in [0.4, 0.5) is 0 Å². The van der Waals surface area contributed by atoms with Crippen molar-refractivity contribution in [3.8, 4) is 0 Å². The van der Waals surface area contributed by atoms with Gasteiger partial charge >= 0.3 is 5.97 Å². The zero-order valence-corrected chi connectivity index (χ0v) is 12.4. The molecule has 0 aliphatic carbocycles. The summed E-state index contributed by atoms with van der Waals surface area (Å²) < 4.78 is 5.21. The highest BCUT2D eigenvalue weighted by molar-refractivity contribution is 5.81. The normalized spacial score (nSPS) is 19.6. The van der Waals surface area contributed by atoms with Gasteiger partial charge in [0, 0.05) is 26.3 Å². The van der Waals surface area contributed by atoms with Crippen LogP contribution in [0.1, 0.15) is 33.1 Å². The molecule has 1 aliphatic rings. The number of nitrogens with one attached hydrogen (secondary N) is 1. The smallest absolute Gasteiger partial charge is 0.311 e. The summed E-state index contributed by atoms with van der Waals surface area (Å²) in [7, 11) is 0. The summed E-state index contributed by atoms with van der Waals surface area (Å²) in [5, 5.41) is 12.2. The van der Waals surface area contributed by atoms with E-state index < -0.39 is 11.4 Å². The molecule has 0 saturated carbocycles. The Morgan fingerprint density at radius 1 is 1.35 bits per heavy atom. The molecule has 1 amide bonds. The van der Waals surface area contributed by atoms with Crippen molar-refractivity contribution < 1.29 is 19.4 Å². The first kappa shape index (κ1) is 16.9. The van der Waals surface area contributed by atoms with Gasteiger partial charge in [0.1, 0.15) is 0 Å². The molecule has 4 N–H and O–H groups in total. The van der Waals surface area contributed by atoms with Crippen molar-refractivity contribution in [1.29, 1.82) is 0 Å². The number of carbonyl (C=O) groups excluding carboxylic acids is 1. The molecule has 1 saturated heterocycles. The highest BCUT2D eigenvalue weighted by atomic mass is 16.5. The van der Waals surface area contributed by atoms with E-state index in [-0.39, 0.29) is 24.9 Å². The average Bonchev–Trinajstić information content (AvgIpc) is 2.42. The third-order valence-corrected chi connectivity index (χ3v) is 3.92. The Kier molecular flexibility index (Phi) is 6.42. The molecule has 0 radical (unpaired) electrons. The van der Waals surface area contributed by atoms with E-state index in [2.05, 4.69) is 5.32 Å². The standard InChI is InChI=1S/C14H26N2O4/c1-10(2)7-11(8-15)12(17)16-9-14(13(18)19)3-5-20-6-4-14/h10-11H,3-9,15H2,1-2H3,(H,16,17)(H,18,19). The largest absolute Gasteiger partial charge is 0.481 e. The quantitative estimate of drug-likeness (QED) is 0.636. The van der Waals surface area contributed by atoms with Crippen LogP contribution in [0.5, 0.6) is 0 Å². The van der Waals surface area contributed by atoms with Crippen LogP contribution in [0.3, 0.4) is 0 Å². The molecular formula is C14H26N2O4. The van der Waals surface area contributed by atoms with Gasteiger partial charge in [0.05, 0.1) is 11.3 Å². The molecule has 0 spiro atoms. The molecule has 1 rings (SSSR count). The number of hydrogen-bond acceptors (Lipinski definition) is 4. The maximum Gasteiger partial charge on any atom is 0.311 e. The van der Waals surface area contributed by atoms with Crippen molar-refractivity contribution in [2.75, 3.05) is 26.3 Å². The number of carboxylic acid groups (broad SMARTS) is 1. The number of aliphatic carboxylic acids is 1. The highest BCUT2D eigenvalue weighted by Crippen LogP contribution is 2.30. The van der Waals surface area contributed by atoms with Gasteiger partial charge in [-0.05, 0) is 25.2 Å². The van der Waals surface area contributed by atoms with Crippen LogP contribution in [0.25, 0.3) is 0 Å². The molecule has 1 atom stereocenters. The summed E-state index contributed by atoms with van der Waals surface area (Å²) in [6, 6.07) is 0. The third kappa shape index (κ3) is 4.45. The topological polar surface area (TPSA) is 102 Å². The van der Waals surface area contributed by atoms with E-state index in [0.29, 0.717) is 38.4 Å². The third-order valence-electron chi connectivity index (χ3n) is 3.92. The van der Waals surface area contributed by atoms with Crippen LogP contribution >= 0.6 is 0 Å². The fraction of sp³-hybridized carbons (Fsp3) is 0.857. The Labute approximate surface area is 120 Å². The van der Waals surface area contributed by atoms with Gasteiger partial charge in [-0.1, -0.05) is 13.8 Å². The first-order chi connectivity index (χ1) is 9.41. The zero-order valence-electron chi connectivity index (χ0n) is 12.4. The molecule has 6 nitrogen and oxygen atoms in total. The van der Waals surface area contributed by atoms with E-state index in [1.807, 2.05) is 13.8 Å². The summed E-state index contributed by atoms with van der Waals surface area (Å²) in [5.74, 6) is -0.880. The monoisotopic (exact) mass is 286 g/mol. The predicted octanol–water partition coefficient (Wildman–Crippen LogP) is 0.605. The molecule has 1 heterocycles. The van der Waals surface area contributed by atoms with E-state index in [0.717, 1.165) is 0 Å². The average molecular weight is 286 g/mol. The highest BCUT2D eigenvalue weighted by Gasteiger charge is 2.40. The molecule has 1 fully saturated rings. The summed E-state index contributed by atoms with van der Waals surface area (Å²) in [6.45, 7) is 5.36. The van der Waals surface area contributed by atoms with E-state index in [4.69, 9.17) is 10.5 Å². The van der Waals surface area contributed by atoms with E-state index >= 15 is 0 Å². The van der Waals surface area contributed by atoms with Crippen molar-refractivity contribution >= 4 is 11.9 Å². The molecule has 1 unspecified atom stereocenters. The summed E-state index contributed by atoms with van der Waals surface area (Å²) in [4.78, 5) is 23.6. The lowest BCUT2D eigenvalue weighted by atomic mass is 9.80. The number of carboxylic acids is 1. The van der Waals surface area contributed by atoms with Crippen molar-refractivity contribution in [3.63, 3.8) is 0 Å². The van der Waals surface area contributed by atoms with Crippen LogP contribution in [-0.4, -0.2) is 43.3 Å². The van der Waals surface area contributed by atoms with Crippen LogP contribution in [0, 0.1) is 17.3 Å². The summed E-state index contributed by atoms with van der Waals surface area (Å²) in [5.41, 5.74) is 4.73. The van der Waals surface area contributed by atoms with Gasteiger partial charge < -0.3 is 20.9 Å². The Balaban J connectivity index is 2.58. The minimum Gasteiger partial charge on any atom is -0.481 e. The SMILES string of the molecule is CC(C)CC(CN)C(=O)NCC1(C(=O)O)CCOCC1. The lowest BCUT2D eigenvalue weighted by Gasteiger charge is -2.33. The summed E-state index contributed by atoms with van der Waals surface area (Å²) in [6.07, 6.45) is 1.58. The minimum absolute atomic E-state index is 0.145. The van der Waals surface area contributed by atoms with Gasteiger partial charge in [-0.15, -0.1) is 0 Å². The van der Waals surface area contributed by atoms with Gasteiger partial charge in [0.25, 0.3) is 0 Å². The van der Waals surface area contributed by atoms with E-state index in [1.165, 1.54) is 0 Å². The summed E-state index contributed by atoms with van der Waals surface area (Å²) >= 11 is 0. The lowest BCUT2D eigenvalue weighted by molar-refractivity contribution is -0.154. The Morgan fingerprint density at radius 3 is 2.40 bits per heavy atom. The molecule has 1 aliphatic heterocycles. The van der Waals surface area contributed by atoms with Crippen molar-refractivity contribution in [3.05, 3.63) is 0 Å². The van der Waals surface area contributed by atoms with Gasteiger partial charge in [-0.25, -0.2) is 0 Å². The number of amides is 1. The van der Waals surface area contributed by atoms with Crippen molar-refractivity contribution in [2.45, 2.75) is 33.1 Å². The zero-order chi connectivity index (χ0) is 15.2. The minimum atomic E-state index is -0.898. The molecule has 0 aromatic carbocycles. The molecule has 116 valence electrons. The van der Waals surface area contributed by atoms with Gasteiger partial charge in [-0.2, -0.15) is 0 Å². The Morgan fingerprint density at radius 2 is 1.95 bits per heavy atom. The number of hydrogen-bond donors (Lipinski definition) is 3. The van der Waals surface area contributed by atoms with Crippen LogP contribution in [0.15, 0.2) is 0 Å². The Bertz CT molecular complexity index is 338. The van der Waals surface area contributed by atoms with Crippen molar-refractivity contribution in [1.82, 2.24) is 5.32 Å². The van der Waals surface area contributed by atoms with Gasteiger partial charge in [-0.3, -0.25) is 9.59 Å². The fourth-order valence-corrected chi connectivity index (χ4v) is 2.51. The van der Waals surface area contributed by atoms with Crippen LogP contribution in [-0.2, 0) is 14.3 Å². The molecule has 20 heavy (non-hydrogen) atoms. The molecule has 0 bridgehead atoms. The van der Waals surface area contributed by atoms with E-state index in [1.54, 1.807) is 0 Å². The molecular weight excluding hydrogens is 260 g/mol. The van der Waals surface area contributed by atoms with Gasteiger partial charge in [0.2, 0.25) is 5.91 Å². The van der Waals surface area contributed by atoms with Crippen LogP contribution < -0.4 is 11.1 Å². The van der Waals surface area contributed by atoms with Crippen molar-refractivity contribution in [2.24, 2.45) is 23.0 Å². The molecule has 0 aromatic heterocycles.